The Kier molecular flexibility index (Phi) is 4.75. The van der Waals surface area contributed by atoms with Crippen LogP contribution in [0, 0.1) is 0 Å². The van der Waals surface area contributed by atoms with Gasteiger partial charge in [-0.25, -0.2) is 4.68 Å². The van der Waals surface area contributed by atoms with Gasteiger partial charge in [-0.2, -0.15) is 0 Å². The van der Waals surface area contributed by atoms with Crippen LogP contribution in [0.1, 0.15) is 31.2 Å². The first-order valence-electron chi connectivity index (χ1n) is 7.81. The maximum Gasteiger partial charge on any atom is 0.273 e. The fraction of sp³-hybridized carbons (Fsp3) is 0.312. The lowest BCUT2D eigenvalue weighted by Gasteiger charge is -2.06. The normalized spacial score (nSPS) is 11.2. The molecule has 0 bridgehead atoms. The van der Waals surface area contributed by atoms with E-state index in [0.29, 0.717) is 15.9 Å². The first-order valence-corrected chi connectivity index (χ1v) is 8.62. The minimum absolute atomic E-state index is 0.0325. The molecule has 2 aromatic heterocycles. The van der Waals surface area contributed by atoms with Gasteiger partial charge in [0.05, 0.1) is 17.3 Å². The number of benzene rings is 1. The summed E-state index contributed by atoms with van der Waals surface area (Å²) in [5.74, 6) is -0.0585. The molecule has 3 rings (SSSR count). The van der Waals surface area contributed by atoms with Crippen molar-refractivity contribution in [1.29, 1.82) is 0 Å². The molecule has 8 nitrogen and oxygen atoms in total. The Labute approximate surface area is 146 Å². The van der Waals surface area contributed by atoms with E-state index in [-0.39, 0.29) is 35.9 Å². The monoisotopic (exact) mass is 359 g/mol. The van der Waals surface area contributed by atoms with Crippen molar-refractivity contribution >= 4 is 33.1 Å². The summed E-state index contributed by atoms with van der Waals surface area (Å²) in [6.45, 7) is 4.06. The number of fused-ring (bicyclic) bond motifs is 1. The topological polar surface area (TPSA) is 110 Å². The number of aromatic nitrogens is 4. The number of aromatic amines is 1. The Morgan fingerprint density at radius 1 is 1.24 bits per heavy atom. The summed E-state index contributed by atoms with van der Waals surface area (Å²) in [6.07, 6.45) is 0.0325. The highest BCUT2D eigenvalue weighted by molar-refractivity contribution is 7.15. The SMILES string of the molecule is CC(C)c1nnc(NC(=O)CCn2[nH]c(=O)c3ccccc3c2=O)s1. The van der Waals surface area contributed by atoms with Gasteiger partial charge in [-0.05, 0) is 12.1 Å². The van der Waals surface area contributed by atoms with Gasteiger partial charge in [-0.15, -0.1) is 10.2 Å². The van der Waals surface area contributed by atoms with Crippen molar-refractivity contribution in [3.05, 3.63) is 50.0 Å². The molecule has 0 aliphatic heterocycles. The summed E-state index contributed by atoms with van der Waals surface area (Å²) in [5.41, 5.74) is -0.692. The lowest BCUT2D eigenvalue weighted by atomic mass is 10.2. The second-order valence-electron chi connectivity index (χ2n) is 5.84. The molecule has 1 amide bonds. The quantitative estimate of drug-likeness (QED) is 0.720. The van der Waals surface area contributed by atoms with Gasteiger partial charge >= 0.3 is 0 Å². The second-order valence-corrected chi connectivity index (χ2v) is 6.85. The number of aryl methyl sites for hydroxylation is 1. The minimum atomic E-state index is -0.360. The number of carbonyl (C=O) groups is 1. The van der Waals surface area contributed by atoms with Gasteiger partial charge in [0.2, 0.25) is 11.0 Å². The molecule has 0 aliphatic rings. The second kappa shape index (κ2) is 6.98. The number of anilines is 1. The van der Waals surface area contributed by atoms with Crippen LogP contribution < -0.4 is 16.4 Å². The third kappa shape index (κ3) is 3.66. The molecule has 0 aliphatic carbocycles. The fourth-order valence-corrected chi connectivity index (χ4v) is 3.08. The Bertz CT molecular complexity index is 1030. The zero-order valence-corrected chi connectivity index (χ0v) is 14.6. The molecule has 25 heavy (non-hydrogen) atoms. The van der Waals surface area contributed by atoms with Crippen LogP contribution in [0.3, 0.4) is 0 Å². The van der Waals surface area contributed by atoms with Gasteiger partial charge in [-0.1, -0.05) is 37.3 Å². The summed E-state index contributed by atoms with van der Waals surface area (Å²) in [4.78, 5) is 36.4. The number of hydrogen-bond acceptors (Lipinski definition) is 6. The van der Waals surface area contributed by atoms with Crippen molar-refractivity contribution < 1.29 is 4.79 Å². The molecule has 0 unspecified atom stereocenters. The molecule has 130 valence electrons. The van der Waals surface area contributed by atoms with E-state index >= 15 is 0 Å². The van der Waals surface area contributed by atoms with Crippen LogP contribution in [0.5, 0.6) is 0 Å². The molecule has 2 heterocycles. The summed E-state index contributed by atoms with van der Waals surface area (Å²) in [7, 11) is 0. The van der Waals surface area contributed by atoms with Crippen LogP contribution in [-0.2, 0) is 11.3 Å². The highest BCUT2D eigenvalue weighted by atomic mass is 32.1. The molecule has 9 heteroatoms. The minimum Gasteiger partial charge on any atom is -0.300 e. The third-order valence-corrected chi connectivity index (χ3v) is 4.77. The Morgan fingerprint density at radius 2 is 1.96 bits per heavy atom. The summed E-state index contributed by atoms with van der Waals surface area (Å²) in [6, 6.07) is 6.58. The van der Waals surface area contributed by atoms with Crippen molar-refractivity contribution in [1.82, 2.24) is 20.0 Å². The predicted molar refractivity (Wildman–Crippen MR) is 96.1 cm³/mol. The van der Waals surface area contributed by atoms with Gasteiger partial charge in [0, 0.05) is 12.3 Å². The zero-order valence-electron chi connectivity index (χ0n) is 13.8. The summed E-state index contributed by atoms with van der Waals surface area (Å²) < 4.78 is 1.16. The van der Waals surface area contributed by atoms with Crippen LogP contribution in [-0.4, -0.2) is 25.9 Å². The fourth-order valence-electron chi connectivity index (χ4n) is 2.32. The zero-order chi connectivity index (χ0) is 18.0. The summed E-state index contributed by atoms with van der Waals surface area (Å²) >= 11 is 1.32. The molecular weight excluding hydrogens is 342 g/mol. The van der Waals surface area contributed by atoms with Crippen LogP contribution in [0.25, 0.3) is 10.8 Å². The molecule has 2 N–H and O–H groups in total. The van der Waals surface area contributed by atoms with E-state index in [1.54, 1.807) is 24.3 Å². The maximum absolute atomic E-state index is 12.4. The average molecular weight is 359 g/mol. The van der Waals surface area contributed by atoms with Crippen LogP contribution >= 0.6 is 11.3 Å². The number of H-pyrrole nitrogens is 1. The lowest BCUT2D eigenvalue weighted by molar-refractivity contribution is -0.116. The van der Waals surface area contributed by atoms with E-state index < -0.39 is 0 Å². The van der Waals surface area contributed by atoms with E-state index in [2.05, 4.69) is 20.6 Å². The van der Waals surface area contributed by atoms with Crippen LogP contribution in [0.4, 0.5) is 5.13 Å². The smallest absolute Gasteiger partial charge is 0.273 e. The standard InChI is InChI=1S/C16H17N5O3S/c1-9(2)14-18-19-16(25-14)17-12(22)7-8-21-15(24)11-6-4-3-5-10(11)13(23)20-21/h3-6,9H,7-8H2,1-2H3,(H,20,23)(H,17,19,22). The molecule has 1 aromatic carbocycles. The first-order chi connectivity index (χ1) is 12.0. The molecule has 3 aromatic rings. The number of nitrogens with zero attached hydrogens (tertiary/aromatic N) is 3. The average Bonchev–Trinajstić information content (AvgIpc) is 3.05. The highest BCUT2D eigenvalue weighted by Gasteiger charge is 2.12. The van der Waals surface area contributed by atoms with Crippen LogP contribution in [0.15, 0.2) is 33.9 Å². The highest BCUT2D eigenvalue weighted by Crippen LogP contribution is 2.22. The van der Waals surface area contributed by atoms with Crippen molar-refractivity contribution in [3.8, 4) is 0 Å². The van der Waals surface area contributed by atoms with Crippen LogP contribution in [0.2, 0.25) is 0 Å². The summed E-state index contributed by atoms with van der Waals surface area (Å²) in [5, 5.41) is 15.0. The number of hydrogen-bond donors (Lipinski definition) is 2. The van der Waals surface area contributed by atoms with Gasteiger partial charge in [0.1, 0.15) is 5.01 Å². The number of nitrogens with one attached hydrogen (secondary N) is 2. The van der Waals surface area contributed by atoms with E-state index in [1.807, 2.05) is 13.8 Å². The molecule has 0 saturated heterocycles. The van der Waals surface area contributed by atoms with Gasteiger partial charge in [-0.3, -0.25) is 19.5 Å². The Morgan fingerprint density at radius 3 is 2.64 bits per heavy atom. The molecular formula is C16H17N5O3S. The van der Waals surface area contributed by atoms with Gasteiger partial charge in [0.15, 0.2) is 0 Å². The van der Waals surface area contributed by atoms with Crippen molar-refractivity contribution in [2.24, 2.45) is 0 Å². The molecule has 0 spiro atoms. The molecule has 0 radical (unpaired) electrons. The number of amides is 1. The van der Waals surface area contributed by atoms with E-state index in [9.17, 15) is 14.4 Å². The van der Waals surface area contributed by atoms with Gasteiger partial charge in [0.25, 0.3) is 11.1 Å². The third-order valence-electron chi connectivity index (χ3n) is 3.63. The van der Waals surface area contributed by atoms with Crippen molar-refractivity contribution in [3.63, 3.8) is 0 Å². The predicted octanol–water partition coefficient (Wildman–Crippen LogP) is 1.69. The van der Waals surface area contributed by atoms with E-state index in [4.69, 9.17) is 0 Å². The number of rotatable bonds is 5. The molecule has 0 saturated carbocycles. The lowest BCUT2D eigenvalue weighted by Crippen LogP contribution is -2.31. The maximum atomic E-state index is 12.4. The first kappa shape index (κ1) is 17.0. The van der Waals surface area contributed by atoms with Crippen molar-refractivity contribution in [2.75, 3.05) is 5.32 Å². The Hall–Kier alpha value is -2.81. The van der Waals surface area contributed by atoms with Gasteiger partial charge < -0.3 is 5.32 Å². The molecule has 0 fully saturated rings. The van der Waals surface area contributed by atoms with Crippen molar-refractivity contribution in [2.45, 2.75) is 32.7 Å². The largest absolute Gasteiger partial charge is 0.300 e. The Balaban J connectivity index is 1.72. The molecule has 0 atom stereocenters. The van der Waals surface area contributed by atoms with E-state index in [0.717, 1.165) is 9.69 Å². The van der Waals surface area contributed by atoms with E-state index in [1.165, 1.54) is 11.3 Å². The number of carbonyl (C=O) groups excluding carboxylic acids is 1.